The van der Waals surface area contributed by atoms with E-state index < -0.39 is 11.7 Å². The SMILES string of the molecule is COc1cccc(-c2[nH]c3c(C(F)(F)F)cc(Cl)cc3c2CCCCN)n1. The monoisotopic (exact) mass is 397 g/mol. The number of halogens is 4. The zero-order valence-electron chi connectivity index (χ0n) is 14.7. The normalized spacial score (nSPS) is 11.9. The lowest BCUT2D eigenvalue weighted by Crippen LogP contribution is -2.05. The fourth-order valence-electron chi connectivity index (χ4n) is 3.13. The maximum atomic E-state index is 13.5. The topological polar surface area (TPSA) is 63.9 Å². The van der Waals surface area contributed by atoms with Gasteiger partial charge in [-0.05, 0) is 49.6 Å². The highest BCUT2D eigenvalue weighted by atomic mass is 35.5. The third kappa shape index (κ3) is 4.04. The van der Waals surface area contributed by atoms with Crippen molar-refractivity contribution in [2.45, 2.75) is 25.4 Å². The van der Waals surface area contributed by atoms with Gasteiger partial charge in [-0.2, -0.15) is 13.2 Å². The van der Waals surface area contributed by atoms with Gasteiger partial charge >= 0.3 is 6.18 Å². The Balaban J connectivity index is 2.26. The second-order valence-electron chi connectivity index (χ2n) is 6.16. The van der Waals surface area contributed by atoms with Crippen LogP contribution >= 0.6 is 11.6 Å². The van der Waals surface area contributed by atoms with E-state index in [1.807, 2.05) is 0 Å². The Labute approximate surface area is 159 Å². The van der Waals surface area contributed by atoms with Crippen molar-refractivity contribution < 1.29 is 17.9 Å². The fraction of sp³-hybridized carbons (Fsp3) is 0.316. The van der Waals surface area contributed by atoms with Crippen molar-refractivity contribution in [1.29, 1.82) is 0 Å². The highest BCUT2D eigenvalue weighted by Gasteiger charge is 2.34. The minimum absolute atomic E-state index is 0.00858. The van der Waals surface area contributed by atoms with E-state index in [4.69, 9.17) is 22.1 Å². The number of hydrogen-bond acceptors (Lipinski definition) is 3. The highest BCUT2D eigenvalue weighted by molar-refractivity contribution is 6.31. The van der Waals surface area contributed by atoms with Gasteiger partial charge in [0.2, 0.25) is 5.88 Å². The van der Waals surface area contributed by atoms with Gasteiger partial charge in [-0.1, -0.05) is 17.7 Å². The van der Waals surface area contributed by atoms with Crippen LogP contribution in [-0.4, -0.2) is 23.6 Å². The molecule has 8 heteroatoms. The minimum atomic E-state index is -4.53. The molecule has 27 heavy (non-hydrogen) atoms. The van der Waals surface area contributed by atoms with Crippen LogP contribution in [0.25, 0.3) is 22.3 Å². The molecule has 2 heterocycles. The van der Waals surface area contributed by atoms with E-state index in [1.165, 1.54) is 7.11 Å². The molecule has 0 saturated carbocycles. The summed E-state index contributed by atoms with van der Waals surface area (Å²) in [5, 5.41) is 0.491. The number of unbranched alkanes of at least 4 members (excludes halogenated alkanes) is 1. The summed E-state index contributed by atoms with van der Waals surface area (Å²) in [7, 11) is 1.49. The number of aromatic nitrogens is 2. The van der Waals surface area contributed by atoms with Crippen LogP contribution < -0.4 is 10.5 Å². The van der Waals surface area contributed by atoms with Gasteiger partial charge in [-0.25, -0.2) is 4.98 Å². The molecule has 2 aromatic heterocycles. The fourth-order valence-corrected chi connectivity index (χ4v) is 3.35. The van der Waals surface area contributed by atoms with E-state index in [1.54, 1.807) is 24.3 Å². The summed E-state index contributed by atoms with van der Waals surface area (Å²) in [6.45, 7) is 0.518. The number of aryl methyl sites for hydroxylation is 1. The van der Waals surface area contributed by atoms with Gasteiger partial charge in [0.1, 0.15) is 0 Å². The number of aromatic amines is 1. The maximum absolute atomic E-state index is 13.5. The predicted octanol–water partition coefficient (Wildman–Crippen LogP) is 5.19. The van der Waals surface area contributed by atoms with Gasteiger partial charge < -0.3 is 15.5 Å². The van der Waals surface area contributed by atoms with Crippen LogP contribution in [-0.2, 0) is 12.6 Å². The molecular formula is C19H19ClF3N3O. The quantitative estimate of drug-likeness (QED) is 0.562. The largest absolute Gasteiger partial charge is 0.481 e. The van der Waals surface area contributed by atoms with E-state index >= 15 is 0 Å². The number of pyridine rings is 1. The van der Waals surface area contributed by atoms with Crippen LogP contribution in [0.3, 0.4) is 0 Å². The van der Waals surface area contributed by atoms with Crippen molar-refractivity contribution in [1.82, 2.24) is 9.97 Å². The molecule has 4 nitrogen and oxygen atoms in total. The van der Waals surface area contributed by atoms with Crippen LogP contribution in [0, 0.1) is 0 Å². The average Bonchev–Trinajstić information content (AvgIpc) is 2.99. The van der Waals surface area contributed by atoms with Crippen molar-refractivity contribution in [3.8, 4) is 17.3 Å². The number of benzene rings is 1. The summed E-state index contributed by atoms with van der Waals surface area (Å²) >= 11 is 6.00. The summed E-state index contributed by atoms with van der Waals surface area (Å²) in [6.07, 6.45) is -2.46. The molecule has 0 aliphatic carbocycles. The average molecular weight is 398 g/mol. The lowest BCUT2D eigenvalue weighted by atomic mass is 10.0. The van der Waals surface area contributed by atoms with Crippen LogP contribution in [0.4, 0.5) is 13.2 Å². The Kier molecular flexibility index (Phi) is 5.62. The first-order chi connectivity index (χ1) is 12.8. The Morgan fingerprint density at radius 1 is 1.22 bits per heavy atom. The molecule has 0 saturated heterocycles. The summed E-state index contributed by atoms with van der Waals surface area (Å²) in [5.74, 6) is 0.383. The van der Waals surface area contributed by atoms with Crippen LogP contribution in [0.2, 0.25) is 5.02 Å². The minimum Gasteiger partial charge on any atom is -0.481 e. The molecular weight excluding hydrogens is 379 g/mol. The molecule has 0 atom stereocenters. The summed E-state index contributed by atoms with van der Waals surface area (Å²) in [5.41, 5.74) is 6.57. The predicted molar refractivity (Wildman–Crippen MR) is 100 cm³/mol. The van der Waals surface area contributed by atoms with E-state index in [-0.39, 0.29) is 10.5 Å². The number of nitrogens with zero attached hydrogens (tertiary/aromatic N) is 1. The highest BCUT2D eigenvalue weighted by Crippen LogP contribution is 2.40. The number of rotatable bonds is 6. The molecule has 0 aliphatic rings. The first kappa shape index (κ1) is 19.5. The van der Waals surface area contributed by atoms with Crippen LogP contribution in [0.5, 0.6) is 5.88 Å². The first-order valence-electron chi connectivity index (χ1n) is 8.48. The van der Waals surface area contributed by atoms with Crippen molar-refractivity contribution in [2.24, 2.45) is 5.73 Å². The number of fused-ring (bicyclic) bond motifs is 1. The number of alkyl halides is 3. The molecule has 0 fully saturated rings. The number of ether oxygens (including phenoxy) is 1. The third-order valence-electron chi connectivity index (χ3n) is 4.36. The molecule has 0 unspecified atom stereocenters. The summed E-state index contributed by atoms with van der Waals surface area (Å²) < 4.78 is 45.8. The Morgan fingerprint density at radius 3 is 2.67 bits per heavy atom. The molecule has 144 valence electrons. The van der Waals surface area contributed by atoms with Gasteiger partial charge in [0.25, 0.3) is 0 Å². The van der Waals surface area contributed by atoms with Gasteiger partial charge in [-0.15, -0.1) is 0 Å². The maximum Gasteiger partial charge on any atom is 0.418 e. The zero-order chi connectivity index (χ0) is 19.6. The smallest absolute Gasteiger partial charge is 0.418 e. The van der Waals surface area contributed by atoms with Crippen molar-refractivity contribution >= 4 is 22.5 Å². The number of methoxy groups -OCH3 is 1. The lowest BCUT2D eigenvalue weighted by molar-refractivity contribution is -0.136. The molecule has 0 amide bonds. The molecule has 3 rings (SSSR count). The molecule has 3 N–H and O–H groups in total. The van der Waals surface area contributed by atoms with Crippen molar-refractivity contribution in [2.75, 3.05) is 13.7 Å². The second kappa shape index (κ2) is 7.78. The van der Waals surface area contributed by atoms with Crippen molar-refractivity contribution in [3.05, 3.63) is 46.5 Å². The van der Waals surface area contributed by atoms with E-state index in [0.717, 1.165) is 24.5 Å². The van der Waals surface area contributed by atoms with E-state index in [2.05, 4.69) is 9.97 Å². The van der Waals surface area contributed by atoms with Gasteiger partial charge in [0.05, 0.1) is 29.6 Å². The molecule has 0 bridgehead atoms. The number of nitrogens with two attached hydrogens (primary N) is 1. The van der Waals surface area contributed by atoms with Crippen LogP contribution in [0.1, 0.15) is 24.0 Å². The number of nitrogens with one attached hydrogen (secondary N) is 1. The third-order valence-corrected chi connectivity index (χ3v) is 4.57. The zero-order valence-corrected chi connectivity index (χ0v) is 15.4. The molecule has 0 aliphatic heterocycles. The van der Waals surface area contributed by atoms with Gasteiger partial charge in [-0.3, -0.25) is 0 Å². The first-order valence-corrected chi connectivity index (χ1v) is 8.85. The second-order valence-corrected chi connectivity index (χ2v) is 6.60. The molecule has 0 radical (unpaired) electrons. The Bertz CT molecular complexity index is 953. The summed E-state index contributed by atoms with van der Waals surface area (Å²) in [6, 6.07) is 7.65. The molecule has 0 spiro atoms. The Hall–Kier alpha value is -2.25. The number of H-pyrrole nitrogens is 1. The van der Waals surface area contributed by atoms with Gasteiger partial charge in [0, 0.05) is 16.5 Å². The standard InChI is InChI=1S/C19H19ClF3N3O/c1-27-16-7-4-6-15(25-16)18-12(5-2-3-8-24)13-9-11(20)10-14(17(13)26-18)19(21,22)23/h4,6-7,9-10,26H,2-3,5,8,24H2,1H3. The van der Waals surface area contributed by atoms with Gasteiger partial charge in [0.15, 0.2) is 0 Å². The molecule has 3 aromatic rings. The lowest BCUT2D eigenvalue weighted by Gasteiger charge is -2.09. The summed E-state index contributed by atoms with van der Waals surface area (Å²) in [4.78, 5) is 7.30. The number of hydrogen-bond donors (Lipinski definition) is 2. The van der Waals surface area contributed by atoms with Crippen LogP contribution in [0.15, 0.2) is 30.3 Å². The molecule has 1 aromatic carbocycles. The van der Waals surface area contributed by atoms with E-state index in [9.17, 15) is 13.2 Å². The Morgan fingerprint density at radius 2 is 2.00 bits per heavy atom. The van der Waals surface area contributed by atoms with Crippen molar-refractivity contribution in [3.63, 3.8) is 0 Å². The van der Waals surface area contributed by atoms with E-state index in [0.29, 0.717) is 35.6 Å².